The van der Waals surface area contributed by atoms with Gasteiger partial charge in [0.25, 0.3) is 5.91 Å². The summed E-state index contributed by atoms with van der Waals surface area (Å²) in [6.45, 7) is 2.14. The molecule has 1 aliphatic carbocycles. The van der Waals surface area contributed by atoms with Crippen molar-refractivity contribution in [1.82, 2.24) is 5.32 Å². The molecule has 3 rings (SSSR count). The molecule has 1 N–H and O–H groups in total. The maximum atomic E-state index is 12.4. The van der Waals surface area contributed by atoms with E-state index in [1.807, 2.05) is 0 Å². The summed E-state index contributed by atoms with van der Waals surface area (Å²) in [6.07, 6.45) is 4.39. The average Bonchev–Trinajstić information content (AvgIpc) is 3.06. The van der Waals surface area contributed by atoms with E-state index >= 15 is 0 Å². The van der Waals surface area contributed by atoms with Gasteiger partial charge >= 0.3 is 0 Å². The summed E-state index contributed by atoms with van der Waals surface area (Å²) in [7, 11) is -3.42. The van der Waals surface area contributed by atoms with Gasteiger partial charge in [-0.15, -0.1) is 0 Å². The fraction of sp³-hybridized carbons (Fsp3) is 0.450. The predicted octanol–water partition coefficient (Wildman–Crippen LogP) is 4.36. The van der Waals surface area contributed by atoms with Crippen LogP contribution in [0.15, 0.2) is 40.8 Å². The van der Waals surface area contributed by atoms with Gasteiger partial charge in [-0.3, -0.25) is 4.79 Å². The minimum absolute atomic E-state index is 0.105. The molecule has 7 heteroatoms. The first-order valence-corrected chi connectivity index (χ1v) is 11.4. The number of amides is 1. The van der Waals surface area contributed by atoms with E-state index < -0.39 is 9.84 Å². The van der Waals surface area contributed by atoms with Gasteiger partial charge in [-0.2, -0.15) is 0 Å². The number of carbonyl (C=O) groups is 1. The van der Waals surface area contributed by atoms with E-state index in [2.05, 4.69) is 12.2 Å². The summed E-state index contributed by atoms with van der Waals surface area (Å²) in [5, 5.41) is 3.57. The predicted molar refractivity (Wildman–Crippen MR) is 105 cm³/mol. The third-order valence-corrected chi connectivity index (χ3v) is 6.72. The average molecular weight is 410 g/mol. The first-order chi connectivity index (χ1) is 12.8. The lowest BCUT2D eigenvalue weighted by Gasteiger charge is -2.29. The van der Waals surface area contributed by atoms with Crippen LogP contribution in [0.2, 0.25) is 5.02 Å². The lowest BCUT2D eigenvalue weighted by atomic mass is 9.86. The van der Waals surface area contributed by atoms with Gasteiger partial charge < -0.3 is 9.73 Å². The molecule has 1 aromatic heterocycles. The molecule has 0 radical (unpaired) electrons. The topological polar surface area (TPSA) is 76.4 Å². The molecule has 5 nitrogen and oxygen atoms in total. The Morgan fingerprint density at radius 2 is 1.81 bits per heavy atom. The van der Waals surface area contributed by atoms with Crippen LogP contribution in [-0.2, 0) is 21.3 Å². The molecule has 2 aromatic rings. The second-order valence-corrected chi connectivity index (χ2v) is 9.77. The van der Waals surface area contributed by atoms with Crippen LogP contribution in [0.5, 0.6) is 0 Å². The van der Waals surface area contributed by atoms with Gasteiger partial charge in [-0.05, 0) is 48.6 Å². The Kier molecular flexibility index (Phi) is 6.27. The molecule has 146 valence electrons. The Morgan fingerprint density at radius 1 is 1.11 bits per heavy atom. The molecule has 0 bridgehead atoms. The molecular formula is C20H24ClNO4S. The molecule has 27 heavy (non-hydrogen) atoms. The molecule has 0 saturated heterocycles. The van der Waals surface area contributed by atoms with Gasteiger partial charge in [0, 0.05) is 11.1 Å². The smallest absolute Gasteiger partial charge is 0.287 e. The number of rotatable bonds is 6. The van der Waals surface area contributed by atoms with Crippen molar-refractivity contribution in [3.05, 3.63) is 58.5 Å². The molecular weight excluding hydrogens is 386 g/mol. The zero-order valence-electron chi connectivity index (χ0n) is 15.3. The van der Waals surface area contributed by atoms with Crippen molar-refractivity contribution in [2.45, 2.75) is 50.2 Å². The maximum absolute atomic E-state index is 12.4. The summed E-state index contributed by atoms with van der Waals surface area (Å²) < 4.78 is 30.3. The summed E-state index contributed by atoms with van der Waals surface area (Å²) >= 11 is 5.82. The lowest BCUT2D eigenvalue weighted by Crippen LogP contribution is -2.40. The summed E-state index contributed by atoms with van der Waals surface area (Å²) in [4.78, 5) is 12.4. The van der Waals surface area contributed by atoms with Crippen LogP contribution in [0.3, 0.4) is 0 Å². The van der Waals surface area contributed by atoms with E-state index in [1.165, 1.54) is 12.5 Å². The molecule has 1 aromatic carbocycles. The highest BCUT2D eigenvalue weighted by atomic mass is 35.5. The van der Waals surface area contributed by atoms with Gasteiger partial charge in [0.1, 0.15) is 11.5 Å². The molecule has 2 atom stereocenters. The third kappa shape index (κ3) is 5.59. The number of hydrogen-bond acceptors (Lipinski definition) is 4. The lowest BCUT2D eigenvalue weighted by molar-refractivity contribution is 0.0880. The maximum Gasteiger partial charge on any atom is 0.287 e. The Balaban J connectivity index is 1.61. The molecule has 1 amide bonds. The minimum Gasteiger partial charge on any atom is -0.455 e. The van der Waals surface area contributed by atoms with Crippen LogP contribution in [0, 0.1) is 5.92 Å². The highest BCUT2D eigenvalue weighted by Gasteiger charge is 2.25. The fourth-order valence-corrected chi connectivity index (χ4v) is 4.97. The largest absolute Gasteiger partial charge is 0.455 e. The second kappa shape index (κ2) is 8.48. The molecule has 2 unspecified atom stereocenters. The zero-order valence-corrected chi connectivity index (χ0v) is 16.9. The van der Waals surface area contributed by atoms with E-state index in [0.717, 1.165) is 19.3 Å². The highest BCUT2D eigenvalue weighted by molar-refractivity contribution is 7.89. The first-order valence-electron chi connectivity index (χ1n) is 9.17. The normalized spacial score (nSPS) is 20.4. The number of halogens is 1. The van der Waals surface area contributed by atoms with Gasteiger partial charge in [0.15, 0.2) is 15.6 Å². The molecule has 0 aliphatic heterocycles. The van der Waals surface area contributed by atoms with Gasteiger partial charge in [-0.25, -0.2) is 8.42 Å². The van der Waals surface area contributed by atoms with E-state index in [-0.39, 0.29) is 35.0 Å². The van der Waals surface area contributed by atoms with Gasteiger partial charge in [0.05, 0.1) is 5.75 Å². The van der Waals surface area contributed by atoms with Crippen molar-refractivity contribution in [2.24, 2.45) is 5.92 Å². The Bertz CT molecular complexity index is 889. The molecule has 1 fully saturated rings. The van der Waals surface area contributed by atoms with Crippen LogP contribution in [-0.4, -0.2) is 20.4 Å². The third-order valence-electron chi connectivity index (χ3n) is 4.98. The van der Waals surface area contributed by atoms with Gasteiger partial charge in [0.2, 0.25) is 0 Å². The zero-order chi connectivity index (χ0) is 19.4. The molecule has 1 heterocycles. The van der Waals surface area contributed by atoms with E-state index in [4.69, 9.17) is 16.0 Å². The number of sulfone groups is 1. The van der Waals surface area contributed by atoms with E-state index in [9.17, 15) is 13.2 Å². The quantitative estimate of drug-likeness (QED) is 0.769. The Labute approximate surface area is 165 Å². The van der Waals surface area contributed by atoms with Crippen molar-refractivity contribution < 1.29 is 17.6 Å². The highest BCUT2D eigenvalue weighted by Crippen LogP contribution is 2.24. The number of benzene rings is 1. The molecule has 1 aliphatic rings. The van der Waals surface area contributed by atoms with E-state index in [0.29, 0.717) is 16.5 Å². The van der Waals surface area contributed by atoms with Crippen molar-refractivity contribution in [3.63, 3.8) is 0 Å². The SMILES string of the molecule is CC1CCCCC1NC(=O)c1ccc(CS(=O)(=O)Cc2ccc(Cl)cc2)o1. The first kappa shape index (κ1) is 20.0. The monoisotopic (exact) mass is 409 g/mol. The molecule has 0 spiro atoms. The molecule has 1 saturated carbocycles. The Morgan fingerprint density at radius 3 is 2.52 bits per heavy atom. The van der Waals surface area contributed by atoms with Crippen molar-refractivity contribution in [2.75, 3.05) is 0 Å². The fourth-order valence-electron chi connectivity index (χ4n) is 3.45. The van der Waals surface area contributed by atoms with Crippen LogP contribution < -0.4 is 5.32 Å². The number of hydrogen-bond donors (Lipinski definition) is 1. The van der Waals surface area contributed by atoms with Gasteiger partial charge in [-0.1, -0.05) is 43.5 Å². The van der Waals surface area contributed by atoms with Crippen LogP contribution in [0.4, 0.5) is 0 Å². The summed E-state index contributed by atoms with van der Waals surface area (Å²) in [6, 6.07) is 9.93. The van der Waals surface area contributed by atoms with Crippen molar-refractivity contribution in [3.8, 4) is 0 Å². The number of nitrogens with one attached hydrogen (secondary N) is 1. The van der Waals surface area contributed by atoms with Crippen LogP contribution in [0.1, 0.15) is 54.5 Å². The van der Waals surface area contributed by atoms with Crippen LogP contribution >= 0.6 is 11.6 Å². The Hall–Kier alpha value is -1.79. The van der Waals surface area contributed by atoms with Crippen LogP contribution in [0.25, 0.3) is 0 Å². The number of furan rings is 1. The van der Waals surface area contributed by atoms with E-state index in [1.54, 1.807) is 30.3 Å². The second-order valence-electron chi connectivity index (χ2n) is 7.27. The standard InChI is InChI=1S/C20H24ClNO4S/c1-14-4-2-3-5-18(14)22-20(23)19-11-10-17(26-19)13-27(24,25)12-15-6-8-16(21)9-7-15/h6-11,14,18H,2-5,12-13H2,1H3,(H,22,23). The minimum atomic E-state index is -3.42. The summed E-state index contributed by atoms with van der Waals surface area (Å²) in [5.41, 5.74) is 0.662. The summed E-state index contributed by atoms with van der Waals surface area (Å²) in [5.74, 6) is 0.233. The van der Waals surface area contributed by atoms with Crippen molar-refractivity contribution in [1.29, 1.82) is 0 Å². The van der Waals surface area contributed by atoms with Crippen molar-refractivity contribution >= 4 is 27.3 Å². The number of carbonyl (C=O) groups excluding carboxylic acids is 1.